The first-order chi connectivity index (χ1) is 7.66. The van der Waals surface area contributed by atoms with Gasteiger partial charge in [0.15, 0.2) is 5.76 Å². The molecule has 0 aromatic carbocycles. The number of nitrogens with one attached hydrogen (secondary N) is 1. The largest absolute Gasteiger partial charge is 0.462 e. The molecule has 2 rings (SSSR count). The highest BCUT2D eigenvalue weighted by molar-refractivity contribution is 5.79. The normalized spacial score (nSPS) is 15.8. The van der Waals surface area contributed by atoms with Crippen LogP contribution >= 0.6 is 0 Å². The predicted molar refractivity (Wildman–Crippen MR) is 53.3 cm³/mol. The number of furan rings is 1. The molecular formula is C8H8N4O4. The van der Waals surface area contributed by atoms with Crippen LogP contribution in [0.5, 0.6) is 0 Å². The van der Waals surface area contributed by atoms with Crippen molar-refractivity contribution in [3.05, 3.63) is 28.0 Å². The molecule has 1 aromatic heterocycles. The molecule has 1 N–H and O–H groups in total. The third-order valence-electron chi connectivity index (χ3n) is 1.89. The van der Waals surface area contributed by atoms with Crippen molar-refractivity contribution in [1.29, 1.82) is 5.41 Å². The van der Waals surface area contributed by atoms with E-state index >= 15 is 0 Å². The van der Waals surface area contributed by atoms with Gasteiger partial charge in [0.2, 0.25) is 0 Å². The lowest BCUT2D eigenvalue weighted by Gasteiger charge is -2.04. The summed E-state index contributed by atoms with van der Waals surface area (Å²) < 4.78 is 9.71. The third-order valence-corrected chi connectivity index (χ3v) is 1.89. The first-order valence-electron chi connectivity index (χ1n) is 4.44. The molecule has 0 amide bonds. The Morgan fingerprint density at radius 2 is 2.44 bits per heavy atom. The summed E-state index contributed by atoms with van der Waals surface area (Å²) in [5.41, 5.74) is 0. The summed E-state index contributed by atoms with van der Waals surface area (Å²) in [5, 5.41) is 22.8. The van der Waals surface area contributed by atoms with Crippen LogP contribution in [0.4, 0.5) is 5.88 Å². The lowest BCUT2D eigenvalue weighted by atomic mass is 10.5. The van der Waals surface area contributed by atoms with Crippen molar-refractivity contribution in [3.63, 3.8) is 0 Å². The van der Waals surface area contributed by atoms with E-state index in [9.17, 15) is 10.1 Å². The Hall–Kier alpha value is -2.38. The lowest BCUT2D eigenvalue weighted by Crippen LogP contribution is -2.18. The van der Waals surface area contributed by atoms with Gasteiger partial charge in [-0.2, -0.15) is 5.10 Å². The molecule has 1 aliphatic heterocycles. The molecule has 8 heteroatoms. The van der Waals surface area contributed by atoms with Gasteiger partial charge in [0.05, 0.1) is 18.8 Å². The van der Waals surface area contributed by atoms with E-state index in [2.05, 4.69) is 5.10 Å². The molecule has 2 heterocycles. The molecule has 84 valence electrons. The monoisotopic (exact) mass is 224 g/mol. The Morgan fingerprint density at radius 3 is 3.00 bits per heavy atom. The molecule has 1 aliphatic rings. The van der Waals surface area contributed by atoms with Gasteiger partial charge < -0.3 is 9.15 Å². The lowest BCUT2D eigenvalue weighted by molar-refractivity contribution is -0.402. The van der Waals surface area contributed by atoms with Crippen molar-refractivity contribution in [3.8, 4) is 0 Å². The van der Waals surface area contributed by atoms with E-state index in [0.717, 1.165) is 0 Å². The number of hydrogen-bond donors (Lipinski definition) is 1. The topological polar surface area (TPSA) is 105 Å². The SMILES string of the molecule is N=C1OCCN1/N=C/c1ccc([N+](=O)[O-])o1. The maximum atomic E-state index is 10.3. The maximum absolute atomic E-state index is 10.3. The molecular weight excluding hydrogens is 216 g/mol. The summed E-state index contributed by atoms with van der Waals surface area (Å²) in [6.45, 7) is 0.895. The number of ether oxygens (including phenoxy) is 1. The number of nitro groups is 1. The van der Waals surface area contributed by atoms with Gasteiger partial charge in [-0.15, -0.1) is 0 Å². The van der Waals surface area contributed by atoms with Crippen molar-refractivity contribution in [2.45, 2.75) is 0 Å². The molecule has 0 spiro atoms. The van der Waals surface area contributed by atoms with Crippen LogP contribution in [0.25, 0.3) is 0 Å². The van der Waals surface area contributed by atoms with E-state index in [4.69, 9.17) is 14.6 Å². The summed E-state index contributed by atoms with van der Waals surface area (Å²) in [6.07, 6.45) is 1.30. The van der Waals surface area contributed by atoms with Crippen molar-refractivity contribution >= 4 is 18.1 Å². The highest BCUT2D eigenvalue weighted by Gasteiger charge is 2.17. The van der Waals surface area contributed by atoms with Gasteiger partial charge in [-0.1, -0.05) is 0 Å². The Bertz CT molecular complexity index is 453. The maximum Gasteiger partial charge on any atom is 0.433 e. The van der Waals surface area contributed by atoms with Gasteiger partial charge >= 0.3 is 11.9 Å². The van der Waals surface area contributed by atoms with Crippen LogP contribution in [0.3, 0.4) is 0 Å². The van der Waals surface area contributed by atoms with Crippen LogP contribution in [-0.4, -0.2) is 35.3 Å². The Balaban J connectivity index is 2.05. The third kappa shape index (κ3) is 2.00. The first kappa shape index (κ1) is 10.1. The minimum absolute atomic E-state index is 0.0442. The molecule has 1 fully saturated rings. The molecule has 0 aliphatic carbocycles. The second-order valence-corrected chi connectivity index (χ2v) is 2.95. The van der Waals surface area contributed by atoms with Gasteiger partial charge in [0.25, 0.3) is 0 Å². The zero-order valence-corrected chi connectivity index (χ0v) is 8.12. The quantitative estimate of drug-likeness (QED) is 0.464. The summed E-state index contributed by atoms with van der Waals surface area (Å²) in [5.74, 6) is -0.0828. The minimum atomic E-state index is -0.627. The van der Waals surface area contributed by atoms with E-state index < -0.39 is 4.92 Å². The number of rotatable bonds is 3. The van der Waals surface area contributed by atoms with Gasteiger partial charge in [-0.05, 0) is 6.07 Å². The fourth-order valence-corrected chi connectivity index (χ4v) is 1.15. The van der Waals surface area contributed by atoms with Crippen LogP contribution < -0.4 is 0 Å². The zero-order valence-electron chi connectivity index (χ0n) is 8.12. The number of hydrogen-bond acceptors (Lipinski definition) is 6. The number of amidine groups is 1. The van der Waals surface area contributed by atoms with Crippen LogP contribution in [-0.2, 0) is 4.74 Å². The van der Waals surface area contributed by atoms with Gasteiger partial charge in [-0.25, -0.2) is 10.4 Å². The summed E-state index contributed by atoms with van der Waals surface area (Å²) in [6, 6.07) is 2.63. The van der Waals surface area contributed by atoms with Crippen LogP contribution in [0.15, 0.2) is 21.7 Å². The average Bonchev–Trinajstić information content (AvgIpc) is 2.83. The fraction of sp³-hybridized carbons (Fsp3) is 0.250. The number of nitrogens with zero attached hydrogens (tertiary/aromatic N) is 3. The van der Waals surface area contributed by atoms with Crippen molar-refractivity contribution in [2.75, 3.05) is 13.2 Å². The smallest absolute Gasteiger partial charge is 0.433 e. The molecule has 1 saturated heterocycles. The highest BCUT2D eigenvalue weighted by atomic mass is 16.6. The molecule has 0 unspecified atom stereocenters. The predicted octanol–water partition coefficient (Wildman–Crippen LogP) is 0.789. The summed E-state index contributed by atoms with van der Waals surface area (Å²) >= 11 is 0. The Morgan fingerprint density at radius 1 is 1.62 bits per heavy atom. The molecule has 0 radical (unpaired) electrons. The van der Waals surface area contributed by atoms with Crippen molar-refractivity contribution in [2.24, 2.45) is 5.10 Å². The average molecular weight is 224 g/mol. The molecule has 0 saturated carbocycles. The molecule has 0 atom stereocenters. The molecule has 8 nitrogen and oxygen atoms in total. The molecule has 0 bridgehead atoms. The second kappa shape index (κ2) is 4.01. The summed E-state index contributed by atoms with van der Waals surface area (Å²) in [7, 11) is 0. The fourth-order valence-electron chi connectivity index (χ4n) is 1.15. The van der Waals surface area contributed by atoms with Gasteiger partial charge in [0, 0.05) is 0 Å². The van der Waals surface area contributed by atoms with Gasteiger partial charge in [-0.3, -0.25) is 10.1 Å². The second-order valence-electron chi connectivity index (χ2n) is 2.95. The zero-order chi connectivity index (χ0) is 11.5. The standard InChI is InChI=1S/C8H8N4O4/c9-8-11(3-4-15-8)10-5-6-1-2-7(16-6)12(13)14/h1-2,5,9H,3-4H2/b9-8?,10-5+. The minimum Gasteiger partial charge on any atom is -0.462 e. The van der Waals surface area contributed by atoms with Crippen molar-refractivity contribution in [1.82, 2.24) is 5.01 Å². The van der Waals surface area contributed by atoms with Crippen LogP contribution in [0.2, 0.25) is 0 Å². The van der Waals surface area contributed by atoms with Crippen LogP contribution in [0, 0.1) is 15.5 Å². The first-order valence-corrected chi connectivity index (χ1v) is 4.44. The molecule has 1 aromatic rings. The van der Waals surface area contributed by atoms with Crippen LogP contribution in [0.1, 0.15) is 5.76 Å². The Labute approximate surface area is 89.8 Å². The van der Waals surface area contributed by atoms with E-state index in [1.54, 1.807) is 0 Å². The van der Waals surface area contributed by atoms with Crippen molar-refractivity contribution < 1.29 is 14.1 Å². The van der Waals surface area contributed by atoms with E-state index in [1.165, 1.54) is 23.4 Å². The van der Waals surface area contributed by atoms with E-state index in [1.807, 2.05) is 0 Å². The highest BCUT2D eigenvalue weighted by Crippen LogP contribution is 2.14. The summed E-state index contributed by atoms with van der Waals surface area (Å²) in [4.78, 5) is 9.70. The molecule has 16 heavy (non-hydrogen) atoms. The van der Waals surface area contributed by atoms with E-state index in [0.29, 0.717) is 13.2 Å². The van der Waals surface area contributed by atoms with Gasteiger partial charge in [0.1, 0.15) is 11.5 Å². The Kier molecular flexibility index (Phi) is 2.54. The number of hydrazone groups is 1. The van der Waals surface area contributed by atoms with E-state index in [-0.39, 0.29) is 17.7 Å².